The molecule has 2 rings (SSSR count). The van der Waals surface area contributed by atoms with E-state index in [4.69, 9.17) is 4.74 Å². The Balaban J connectivity index is 2.34. The van der Waals surface area contributed by atoms with Crippen molar-refractivity contribution in [1.29, 1.82) is 0 Å². The van der Waals surface area contributed by atoms with Crippen molar-refractivity contribution in [2.45, 2.75) is 83.4 Å². The Bertz CT molecular complexity index is 662. The van der Waals surface area contributed by atoms with Crippen molar-refractivity contribution in [2.24, 2.45) is 0 Å². The average molecular weight is 709 g/mol. The molecule has 152 valence electrons. The van der Waals surface area contributed by atoms with Gasteiger partial charge in [-0.2, -0.15) is 0 Å². The van der Waals surface area contributed by atoms with Crippen LogP contribution in [0.3, 0.4) is 0 Å². The summed E-state index contributed by atoms with van der Waals surface area (Å²) in [7, 11) is 2.28. The van der Waals surface area contributed by atoms with Gasteiger partial charge < -0.3 is 4.74 Å². The van der Waals surface area contributed by atoms with Crippen molar-refractivity contribution in [1.82, 2.24) is 4.90 Å². The maximum atomic E-state index is 13.0. The van der Waals surface area contributed by atoms with Gasteiger partial charge in [0.15, 0.2) is 0 Å². The summed E-state index contributed by atoms with van der Waals surface area (Å²) in [6, 6.07) is 4.04. The lowest BCUT2D eigenvalue weighted by molar-refractivity contribution is -0.107. The summed E-state index contributed by atoms with van der Waals surface area (Å²) in [5, 5.41) is 0. The van der Waals surface area contributed by atoms with Crippen LogP contribution in [0.2, 0.25) is 0 Å². The molecule has 0 amide bonds. The van der Waals surface area contributed by atoms with E-state index in [1.54, 1.807) is 0 Å². The largest absolute Gasteiger partial charge is 0.459 e. The molecule has 0 aliphatic carbocycles. The minimum atomic E-state index is -0.174. The SMILES string of the molecule is CCC1(CC)CC(OC(=O)c2cc(I)cc(I)c2I)CC(CC)(CC)N1C. The molecule has 1 aromatic rings. The fourth-order valence-corrected chi connectivity index (χ4v) is 7.10. The van der Waals surface area contributed by atoms with Gasteiger partial charge in [0.2, 0.25) is 0 Å². The van der Waals surface area contributed by atoms with Gasteiger partial charge in [0.1, 0.15) is 6.10 Å². The predicted molar refractivity (Wildman–Crippen MR) is 137 cm³/mol. The van der Waals surface area contributed by atoms with Crippen LogP contribution in [0.5, 0.6) is 0 Å². The zero-order chi connectivity index (χ0) is 20.4. The molecular formula is C21H30I3NO2. The standard InChI is InChI=1S/C21H30I3NO2/c1-6-20(7-2)12-15(13-21(8-3,9-4)25(20)5)27-19(26)16-10-14(22)11-17(23)18(16)24/h10-11,15H,6-9,12-13H2,1-5H3. The molecule has 0 radical (unpaired) electrons. The minimum absolute atomic E-state index is 0.0279. The number of benzene rings is 1. The third-order valence-corrected chi connectivity index (χ3v) is 10.4. The van der Waals surface area contributed by atoms with Crippen LogP contribution in [0.1, 0.15) is 76.6 Å². The zero-order valence-electron chi connectivity index (χ0n) is 16.9. The molecule has 0 aromatic heterocycles. The number of hydrogen-bond acceptors (Lipinski definition) is 3. The van der Waals surface area contributed by atoms with Gasteiger partial charge in [-0.1, -0.05) is 27.7 Å². The van der Waals surface area contributed by atoms with Gasteiger partial charge in [0.05, 0.1) is 5.56 Å². The summed E-state index contributed by atoms with van der Waals surface area (Å²) in [5.74, 6) is -0.174. The van der Waals surface area contributed by atoms with Crippen molar-refractivity contribution in [3.05, 3.63) is 28.4 Å². The fraction of sp³-hybridized carbons (Fsp3) is 0.667. The van der Waals surface area contributed by atoms with E-state index >= 15 is 0 Å². The normalized spacial score (nSPS) is 19.9. The van der Waals surface area contributed by atoms with Crippen molar-refractivity contribution in [3.8, 4) is 0 Å². The molecule has 1 aliphatic rings. The van der Waals surface area contributed by atoms with E-state index in [1.165, 1.54) is 0 Å². The van der Waals surface area contributed by atoms with Crippen molar-refractivity contribution >= 4 is 73.7 Å². The molecule has 1 heterocycles. The lowest BCUT2D eigenvalue weighted by Crippen LogP contribution is -2.64. The first kappa shape index (κ1) is 24.1. The molecule has 1 aromatic carbocycles. The summed E-state index contributed by atoms with van der Waals surface area (Å²) >= 11 is 6.82. The Morgan fingerprint density at radius 1 is 1.04 bits per heavy atom. The number of nitrogens with zero attached hydrogens (tertiary/aromatic N) is 1. The Hall–Kier alpha value is 0.840. The minimum Gasteiger partial charge on any atom is -0.459 e. The maximum absolute atomic E-state index is 13.0. The Labute approximate surface area is 205 Å². The Morgan fingerprint density at radius 3 is 1.96 bits per heavy atom. The summed E-state index contributed by atoms with van der Waals surface area (Å²) in [6.45, 7) is 9.08. The molecule has 0 N–H and O–H groups in total. The molecule has 0 bridgehead atoms. The van der Waals surface area contributed by atoms with Crippen LogP contribution < -0.4 is 0 Å². The van der Waals surface area contributed by atoms with E-state index in [0.717, 1.165) is 49.2 Å². The first-order valence-corrected chi connectivity index (χ1v) is 13.0. The number of piperidine rings is 1. The average Bonchev–Trinajstić information content (AvgIpc) is 2.66. The second-order valence-corrected chi connectivity index (χ2v) is 11.1. The number of rotatable bonds is 6. The highest BCUT2D eigenvalue weighted by molar-refractivity contribution is 14.1. The summed E-state index contributed by atoms with van der Waals surface area (Å²) in [4.78, 5) is 15.7. The van der Waals surface area contributed by atoms with Crippen LogP contribution >= 0.6 is 67.8 Å². The third kappa shape index (κ3) is 4.78. The van der Waals surface area contributed by atoms with Gasteiger partial charge >= 0.3 is 5.97 Å². The summed E-state index contributed by atoms with van der Waals surface area (Å²) < 4.78 is 9.31. The van der Waals surface area contributed by atoms with Crippen LogP contribution in [0.25, 0.3) is 0 Å². The fourth-order valence-electron chi connectivity index (χ4n) is 4.73. The molecule has 1 saturated heterocycles. The predicted octanol–water partition coefficient (Wildman–Crippen LogP) is 6.87. The van der Waals surface area contributed by atoms with E-state index < -0.39 is 0 Å². The molecule has 1 aliphatic heterocycles. The molecule has 6 heteroatoms. The van der Waals surface area contributed by atoms with E-state index in [9.17, 15) is 4.79 Å². The Morgan fingerprint density at radius 2 is 1.52 bits per heavy atom. The van der Waals surface area contributed by atoms with E-state index in [2.05, 4.69) is 113 Å². The van der Waals surface area contributed by atoms with Crippen LogP contribution in [0.15, 0.2) is 12.1 Å². The highest BCUT2D eigenvalue weighted by Gasteiger charge is 2.50. The number of ether oxygens (including phenoxy) is 1. The Kier molecular flexibility index (Phi) is 8.72. The lowest BCUT2D eigenvalue weighted by atomic mass is 9.70. The molecular weight excluding hydrogens is 679 g/mol. The zero-order valence-corrected chi connectivity index (χ0v) is 23.3. The third-order valence-electron chi connectivity index (χ3n) is 6.76. The molecule has 3 nitrogen and oxygen atoms in total. The molecule has 0 spiro atoms. The second kappa shape index (κ2) is 9.76. The van der Waals surface area contributed by atoms with Crippen LogP contribution in [-0.2, 0) is 4.74 Å². The van der Waals surface area contributed by atoms with E-state index in [1.807, 2.05) is 6.07 Å². The first-order valence-electron chi connectivity index (χ1n) is 9.78. The van der Waals surface area contributed by atoms with E-state index in [0.29, 0.717) is 5.56 Å². The van der Waals surface area contributed by atoms with Crippen molar-refractivity contribution in [2.75, 3.05) is 7.05 Å². The van der Waals surface area contributed by atoms with Gasteiger partial charge in [0.25, 0.3) is 0 Å². The molecule has 0 atom stereocenters. The van der Waals surface area contributed by atoms with Gasteiger partial charge in [-0.25, -0.2) is 4.79 Å². The number of hydrogen-bond donors (Lipinski definition) is 0. The second-order valence-electron chi connectivity index (χ2n) is 7.61. The van der Waals surface area contributed by atoms with Crippen LogP contribution in [0, 0.1) is 10.7 Å². The molecule has 0 unspecified atom stereocenters. The molecule has 0 saturated carbocycles. The summed E-state index contributed by atoms with van der Waals surface area (Å²) in [5.41, 5.74) is 0.895. The van der Waals surface area contributed by atoms with Crippen LogP contribution in [-0.4, -0.2) is 35.1 Å². The van der Waals surface area contributed by atoms with Gasteiger partial charge in [0, 0.05) is 34.6 Å². The highest BCUT2D eigenvalue weighted by atomic mass is 127. The monoisotopic (exact) mass is 709 g/mol. The number of carbonyl (C=O) groups is 1. The first-order chi connectivity index (χ1) is 12.7. The quantitative estimate of drug-likeness (QED) is 0.184. The topological polar surface area (TPSA) is 29.5 Å². The van der Waals surface area contributed by atoms with Gasteiger partial charge in [-0.05, 0) is 113 Å². The number of esters is 1. The summed E-state index contributed by atoms with van der Waals surface area (Å²) in [6.07, 6.45) is 6.12. The van der Waals surface area contributed by atoms with Gasteiger partial charge in [-0.3, -0.25) is 4.90 Å². The lowest BCUT2D eigenvalue weighted by Gasteiger charge is -2.58. The smallest absolute Gasteiger partial charge is 0.339 e. The van der Waals surface area contributed by atoms with Crippen molar-refractivity contribution < 1.29 is 9.53 Å². The number of halogens is 3. The van der Waals surface area contributed by atoms with Gasteiger partial charge in [-0.15, -0.1) is 0 Å². The number of carbonyl (C=O) groups excluding carboxylic acids is 1. The van der Waals surface area contributed by atoms with Crippen molar-refractivity contribution in [3.63, 3.8) is 0 Å². The molecule has 1 fully saturated rings. The maximum Gasteiger partial charge on any atom is 0.339 e. The van der Waals surface area contributed by atoms with Crippen LogP contribution in [0.4, 0.5) is 0 Å². The number of likely N-dealkylation sites (tertiary alicyclic amines) is 1. The molecule has 27 heavy (non-hydrogen) atoms. The highest BCUT2D eigenvalue weighted by Crippen LogP contribution is 2.45. The van der Waals surface area contributed by atoms with E-state index in [-0.39, 0.29) is 23.2 Å².